The van der Waals surface area contributed by atoms with Gasteiger partial charge in [-0.1, -0.05) is 24.3 Å². The van der Waals surface area contributed by atoms with E-state index in [9.17, 15) is 21.6 Å². The number of rotatable bonds is 7. The Bertz CT molecular complexity index is 1450. The number of sulfone groups is 1. The van der Waals surface area contributed by atoms with Crippen LogP contribution in [-0.2, 0) is 35.4 Å². The molecule has 37 heavy (non-hydrogen) atoms. The van der Waals surface area contributed by atoms with Crippen molar-refractivity contribution < 1.29 is 26.3 Å². The van der Waals surface area contributed by atoms with E-state index in [2.05, 4.69) is 33.3 Å². The molecule has 0 saturated heterocycles. The summed E-state index contributed by atoms with van der Waals surface area (Å²) in [7, 11) is -1.66. The van der Waals surface area contributed by atoms with Gasteiger partial charge in [-0.15, -0.1) is 0 Å². The first-order chi connectivity index (χ1) is 17.4. The van der Waals surface area contributed by atoms with E-state index in [0.29, 0.717) is 0 Å². The lowest BCUT2D eigenvalue weighted by Gasteiger charge is -2.26. The van der Waals surface area contributed by atoms with Gasteiger partial charge in [0.15, 0.2) is 14.9 Å². The summed E-state index contributed by atoms with van der Waals surface area (Å²) in [6.45, 7) is 3.78. The number of nitrogens with zero attached hydrogens (tertiary/aromatic N) is 3. The second-order valence-corrected chi connectivity index (χ2v) is 12.5. The molecular formula is C25H27F3N4O3S2. The smallest absolute Gasteiger partial charge is 0.420 e. The number of thiophene rings is 1. The van der Waals surface area contributed by atoms with Crippen molar-refractivity contribution in [1.82, 2.24) is 14.9 Å². The number of hydrogen-bond donors (Lipinski definition) is 1. The number of halogens is 3. The van der Waals surface area contributed by atoms with Gasteiger partial charge >= 0.3 is 6.18 Å². The van der Waals surface area contributed by atoms with Gasteiger partial charge in [0.1, 0.15) is 16.6 Å². The lowest BCUT2D eigenvalue weighted by Crippen LogP contribution is -2.26. The molecule has 0 spiro atoms. The van der Waals surface area contributed by atoms with Crippen LogP contribution in [0.1, 0.15) is 42.0 Å². The molecule has 2 aliphatic rings. The van der Waals surface area contributed by atoms with Crippen LogP contribution in [0.4, 0.5) is 24.8 Å². The first-order valence-corrected chi connectivity index (χ1v) is 14.7. The summed E-state index contributed by atoms with van der Waals surface area (Å²) in [5, 5.41) is 3.21. The van der Waals surface area contributed by atoms with Crippen LogP contribution in [-0.4, -0.2) is 49.2 Å². The summed E-state index contributed by atoms with van der Waals surface area (Å²) in [4.78, 5) is 10.4. The largest absolute Gasteiger partial charge is 0.480 e. The van der Waals surface area contributed by atoms with Crippen LogP contribution in [0.5, 0.6) is 5.06 Å². The Morgan fingerprint density at radius 2 is 1.97 bits per heavy atom. The monoisotopic (exact) mass is 552 g/mol. The zero-order valence-corrected chi connectivity index (χ0v) is 22.3. The first-order valence-electron chi connectivity index (χ1n) is 12.0. The van der Waals surface area contributed by atoms with Crippen LogP contribution in [0.2, 0.25) is 0 Å². The topological polar surface area (TPSA) is 84.4 Å². The van der Waals surface area contributed by atoms with Crippen LogP contribution < -0.4 is 10.1 Å². The fourth-order valence-electron chi connectivity index (χ4n) is 4.32. The SMILES string of the molecule is CCc1cc2c(cc1Nc1ncc(C(F)(F)F)c(-c3cc(S(C)(=O)=O)c(OC4CC4)s3)n1)CCN(C)C2. The molecule has 1 fully saturated rings. The average Bonchev–Trinajstić information content (AvgIpc) is 3.52. The maximum absolute atomic E-state index is 13.9. The summed E-state index contributed by atoms with van der Waals surface area (Å²) >= 11 is 0.855. The van der Waals surface area contributed by atoms with Crippen molar-refractivity contribution in [1.29, 1.82) is 0 Å². The van der Waals surface area contributed by atoms with Gasteiger partial charge in [-0.2, -0.15) is 13.2 Å². The molecule has 3 heterocycles. The molecule has 1 aliphatic carbocycles. The second-order valence-electron chi connectivity index (χ2n) is 9.55. The van der Waals surface area contributed by atoms with Crippen LogP contribution >= 0.6 is 11.3 Å². The van der Waals surface area contributed by atoms with Crippen molar-refractivity contribution in [2.75, 3.05) is 25.2 Å². The molecule has 1 N–H and O–H groups in total. The standard InChI is InChI=1S/C25H27F3N4O3S2/c1-4-14-9-16-13-32(2)8-7-15(16)10-19(14)30-24-29-12-18(25(26,27)28)22(31-24)20-11-21(37(3,33)34)23(36-20)35-17-5-6-17/h9-12,17H,4-8,13H2,1-3H3,(H,29,30,31). The minimum Gasteiger partial charge on any atom is -0.480 e. The Morgan fingerprint density at radius 1 is 1.22 bits per heavy atom. The van der Waals surface area contributed by atoms with Gasteiger partial charge in [0.25, 0.3) is 0 Å². The Kier molecular flexibility index (Phi) is 6.70. The quantitative estimate of drug-likeness (QED) is 0.417. The van der Waals surface area contributed by atoms with E-state index in [1.807, 2.05) is 13.0 Å². The number of anilines is 2. The average molecular weight is 553 g/mol. The Balaban J connectivity index is 1.57. The molecule has 0 unspecified atom stereocenters. The van der Waals surface area contributed by atoms with Crippen molar-refractivity contribution in [2.45, 2.75) is 56.3 Å². The van der Waals surface area contributed by atoms with E-state index < -0.39 is 21.6 Å². The summed E-state index contributed by atoms with van der Waals surface area (Å²) < 4.78 is 72.3. The number of fused-ring (bicyclic) bond motifs is 1. The normalized spacial score (nSPS) is 16.5. The molecule has 1 aliphatic heterocycles. The molecule has 0 atom stereocenters. The fourth-order valence-corrected chi connectivity index (χ4v) is 6.63. The Hall–Kier alpha value is -2.70. The molecule has 3 aromatic rings. The van der Waals surface area contributed by atoms with Crippen molar-refractivity contribution in [2.24, 2.45) is 0 Å². The molecule has 2 aromatic heterocycles. The van der Waals surface area contributed by atoms with E-state index in [0.717, 1.165) is 73.8 Å². The lowest BCUT2D eigenvalue weighted by atomic mass is 9.95. The van der Waals surface area contributed by atoms with Gasteiger partial charge in [0.05, 0.1) is 10.6 Å². The third-order valence-corrected chi connectivity index (χ3v) is 8.71. The molecule has 12 heteroatoms. The molecule has 5 rings (SSSR count). The van der Waals surface area contributed by atoms with Gasteiger partial charge in [-0.05, 0) is 61.6 Å². The highest BCUT2D eigenvalue weighted by Crippen LogP contribution is 2.45. The maximum Gasteiger partial charge on any atom is 0.420 e. The van der Waals surface area contributed by atoms with Gasteiger partial charge in [0.2, 0.25) is 5.95 Å². The molecule has 1 saturated carbocycles. The van der Waals surface area contributed by atoms with E-state index in [-0.39, 0.29) is 32.6 Å². The molecule has 1 aromatic carbocycles. The highest BCUT2D eigenvalue weighted by molar-refractivity contribution is 7.91. The van der Waals surface area contributed by atoms with Gasteiger partial charge in [0, 0.05) is 31.2 Å². The summed E-state index contributed by atoms with van der Waals surface area (Å²) in [6, 6.07) is 5.36. The van der Waals surface area contributed by atoms with Gasteiger partial charge < -0.3 is 15.0 Å². The maximum atomic E-state index is 13.9. The fraction of sp³-hybridized carbons (Fsp3) is 0.440. The van der Waals surface area contributed by atoms with E-state index >= 15 is 0 Å². The molecule has 0 bridgehead atoms. The van der Waals surface area contributed by atoms with Crippen LogP contribution in [0.3, 0.4) is 0 Å². The number of ether oxygens (including phenoxy) is 1. The van der Waals surface area contributed by atoms with Crippen molar-refractivity contribution in [3.05, 3.63) is 46.6 Å². The third kappa shape index (κ3) is 5.60. The first kappa shape index (κ1) is 25.9. The summed E-state index contributed by atoms with van der Waals surface area (Å²) in [5.41, 5.74) is 2.75. The second kappa shape index (κ2) is 9.55. The predicted molar refractivity (Wildman–Crippen MR) is 136 cm³/mol. The number of nitrogens with one attached hydrogen (secondary N) is 1. The third-order valence-electron chi connectivity index (χ3n) is 6.45. The number of hydrogen-bond acceptors (Lipinski definition) is 8. The van der Waals surface area contributed by atoms with Crippen molar-refractivity contribution in [3.63, 3.8) is 0 Å². The van der Waals surface area contributed by atoms with Crippen LogP contribution in [0.25, 0.3) is 10.6 Å². The zero-order valence-electron chi connectivity index (χ0n) is 20.6. The Morgan fingerprint density at radius 3 is 2.62 bits per heavy atom. The highest BCUT2D eigenvalue weighted by atomic mass is 32.2. The molecule has 198 valence electrons. The lowest BCUT2D eigenvalue weighted by molar-refractivity contribution is -0.137. The zero-order chi connectivity index (χ0) is 26.5. The molecular weight excluding hydrogens is 525 g/mol. The van der Waals surface area contributed by atoms with Crippen LogP contribution in [0, 0.1) is 0 Å². The molecule has 0 radical (unpaired) electrons. The van der Waals surface area contributed by atoms with Crippen molar-refractivity contribution in [3.8, 4) is 15.6 Å². The minimum absolute atomic E-state index is 0.00421. The summed E-state index contributed by atoms with van der Waals surface area (Å²) in [5.74, 6) is 0.00421. The Labute approximate surface area is 217 Å². The number of alkyl halides is 3. The molecule has 7 nitrogen and oxygen atoms in total. The number of benzene rings is 1. The number of aryl methyl sites for hydroxylation is 1. The minimum atomic E-state index is -4.73. The number of aromatic nitrogens is 2. The van der Waals surface area contributed by atoms with E-state index in [1.165, 1.54) is 17.2 Å². The highest BCUT2D eigenvalue weighted by Gasteiger charge is 2.37. The summed E-state index contributed by atoms with van der Waals surface area (Å²) in [6.07, 6.45) is 0.0568. The van der Waals surface area contributed by atoms with Crippen LogP contribution in [0.15, 0.2) is 29.3 Å². The van der Waals surface area contributed by atoms with E-state index in [1.54, 1.807) is 0 Å². The van der Waals surface area contributed by atoms with E-state index in [4.69, 9.17) is 4.74 Å². The number of likely N-dealkylation sites (N-methyl/N-ethyl adjacent to an activating group) is 1. The van der Waals surface area contributed by atoms with Gasteiger partial charge in [-0.25, -0.2) is 18.4 Å². The van der Waals surface area contributed by atoms with Crippen molar-refractivity contribution >= 4 is 32.8 Å². The van der Waals surface area contributed by atoms with Gasteiger partial charge in [-0.3, -0.25) is 0 Å². The predicted octanol–water partition coefficient (Wildman–Crippen LogP) is 5.46. The molecule has 0 amide bonds.